The summed E-state index contributed by atoms with van der Waals surface area (Å²) in [6, 6.07) is 2.16. The van der Waals surface area contributed by atoms with Gasteiger partial charge in [0.25, 0.3) is 5.56 Å². The lowest BCUT2D eigenvalue weighted by atomic mass is 9.94. The highest BCUT2D eigenvalue weighted by molar-refractivity contribution is 7.10. The van der Waals surface area contributed by atoms with Crippen molar-refractivity contribution < 1.29 is 0 Å². The van der Waals surface area contributed by atoms with Gasteiger partial charge >= 0.3 is 5.69 Å². The molecular weight excluding hydrogens is 276 g/mol. The van der Waals surface area contributed by atoms with Gasteiger partial charge in [0.1, 0.15) is 11.5 Å². The Kier molecular flexibility index (Phi) is 3.13. The third kappa shape index (κ3) is 2.03. The summed E-state index contributed by atoms with van der Waals surface area (Å²) in [6.45, 7) is 0. The minimum Gasteiger partial charge on any atom is -0.383 e. The average Bonchev–Trinajstić information content (AvgIpc) is 2.90. The first-order chi connectivity index (χ1) is 9.58. The van der Waals surface area contributed by atoms with Crippen molar-refractivity contribution >= 4 is 22.8 Å². The second-order valence-corrected chi connectivity index (χ2v) is 5.97. The van der Waals surface area contributed by atoms with E-state index in [4.69, 9.17) is 5.73 Å². The number of fused-ring (bicyclic) bond motifs is 1. The molecule has 4 N–H and O–H groups in total. The van der Waals surface area contributed by atoms with E-state index >= 15 is 0 Å². The maximum Gasteiger partial charge on any atom is 0.329 e. The number of nitrogens with two attached hydrogens (primary N) is 1. The van der Waals surface area contributed by atoms with E-state index < -0.39 is 11.2 Å². The third-order valence-electron chi connectivity index (χ3n) is 3.74. The Balaban J connectivity index is 2.00. The minimum absolute atomic E-state index is 0.0749. The number of anilines is 2. The number of rotatable bonds is 2. The largest absolute Gasteiger partial charge is 0.383 e. The molecule has 1 atom stereocenters. The van der Waals surface area contributed by atoms with Gasteiger partial charge in [-0.25, -0.2) is 4.79 Å². The predicted molar refractivity (Wildman–Crippen MR) is 80.3 cm³/mol. The van der Waals surface area contributed by atoms with E-state index in [0.717, 1.165) is 19.3 Å². The van der Waals surface area contributed by atoms with Crippen LogP contribution >= 0.6 is 11.3 Å². The summed E-state index contributed by atoms with van der Waals surface area (Å²) in [4.78, 5) is 27.0. The van der Waals surface area contributed by atoms with Crippen LogP contribution in [0.1, 0.15) is 29.3 Å². The van der Waals surface area contributed by atoms with E-state index in [-0.39, 0.29) is 17.5 Å². The van der Waals surface area contributed by atoms with Gasteiger partial charge in [-0.05, 0) is 36.3 Å². The summed E-state index contributed by atoms with van der Waals surface area (Å²) in [5, 5.41) is 5.27. The predicted octanol–water partition coefficient (Wildman–Crippen LogP) is 1.21. The molecule has 106 valence electrons. The van der Waals surface area contributed by atoms with Crippen molar-refractivity contribution in [3.63, 3.8) is 0 Å². The Bertz CT molecular complexity index is 758. The van der Waals surface area contributed by atoms with Crippen LogP contribution < -0.4 is 22.3 Å². The van der Waals surface area contributed by atoms with Gasteiger partial charge in [0.15, 0.2) is 0 Å². The number of nitrogens with one attached hydrogen (secondary N) is 2. The van der Waals surface area contributed by atoms with Crippen molar-refractivity contribution in [1.29, 1.82) is 0 Å². The molecule has 1 aliphatic rings. The lowest BCUT2D eigenvalue weighted by Crippen LogP contribution is -2.33. The molecule has 0 saturated heterocycles. The van der Waals surface area contributed by atoms with Crippen LogP contribution in [0, 0.1) is 0 Å². The summed E-state index contributed by atoms with van der Waals surface area (Å²) in [5.74, 6) is 0.168. The molecule has 0 bridgehead atoms. The highest BCUT2D eigenvalue weighted by Crippen LogP contribution is 2.35. The fourth-order valence-electron chi connectivity index (χ4n) is 2.59. The Hall–Kier alpha value is -2.02. The third-order valence-corrected chi connectivity index (χ3v) is 4.74. The normalized spacial score (nSPS) is 17.8. The van der Waals surface area contributed by atoms with E-state index in [1.165, 1.54) is 22.1 Å². The lowest BCUT2D eigenvalue weighted by Gasteiger charge is -2.25. The van der Waals surface area contributed by atoms with E-state index in [0.29, 0.717) is 0 Å². The summed E-state index contributed by atoms with van der Waals surface area (Å²) < 4.78 is 1.24. The van der Waals surface area contributed by atoms with Gasteiger partial charge in [-0.15, -0.1) is 11.3 Å². The van der Waals surface area contributed by atoms with Crippen molar-refractivity contribution in [3.05, 3.63) is 42.7 Å². The summed E-state index contributed by atoms with van der Waals surface area (Å²) in [5.41, 5.74) is 6.42. The van der Waals surface area contributed by atoms with Crippen LogP contribution in [0.15, 0.2) is 21.0 Å². The molecule has 20 heavy (non-hydrogen) atoms. The second-order valence-electron chi connectivity index (χ2n) is 4.97. The zero-order valence-corrected chi connectivity index (χ0v) is 11.9. The zero-order chi connectivity index (χ0) is 14.3. The summed E-state index contributed by atoms with van der Waals surface area (Å²) in [7, 11) is 1.54. The fourth-order valence-corrected chi connectivity index (χ4v) is 3.57. The van der Waals surface area contributed by atoms with Gasteiger partial charge in [-0.3, -0.25) is 14.3 Å². The maximum atomic E-state index is 11.9. The molecule has 1 aliphatic carbocycles. The molecule has 0 aliphatic heterocycles. The van der Waals surface area contributed by atoms with Crippen molar-refractivity contribution in [2.75, 3.05) is 11.1 Å². The highest BCUT2D eigenvalue weighted by atomic mass is 32.1. The van der Waals surface area contributed by atoms with E-state index in [1.54, 1.807) is 11.3 Å². The number of aromatic nitrogens is 2. The quantitative estimate of drug-likeness (QED) is 0.775. The summed E-state index contributed by atoms with van der Waals surface area (Å²) in [6.07, 6.45) is 3.12. The standard InChI is InChI=1S/C13H16N4O2S/c1-17-11(14)10(12(18)16-13(17)19)15-8-3-2-4-9-7(8)5-6-20-9/h5-6,8,15H,2-4,14H2,1H3,(H,16,18,19). The highest BCUT2D eigenvalue weighted by Gasteiger charge is 2.23. The molecule has 1 unspecified atom stereocenters. The van der Waals surface area contributed by atoms with Crippen LogP contribution in [0.3, 0.4) is 0 Å². The number of nitrogen functional groups attached to an aromatic ring is 1. The molecule has 2 aromatic heterocycles. The number of aromatic amines is 1. The summed E-state index contributed by atoms with van der Waals surface area (Å²) >= 11 is 1.74. The molecule has 6 nitrogen and oxygen atoms in total. The second kappa shape index (κ2) is 4.82. The van der Waals surface area contributed by atoms with Crippen LogP contribution in [0.25, 0.3) is 0 Å². The number of aryl methyl sites for hydroxylation is 1. The first kappa shape index (κ1) is 13.0. The van der Waals surface area contributed by atoms with E-state index in [2.05, 4.69) is 21.7 Å². The number of thiophene rings is 1. The van der Waals surface area contributed by atoms with Crippen LogP contribution in [0.5, 0.6) is 0 Å². The maximum absolute atomic E-state index is 11.9. The Morgan fingerprint density at radius 3 is 3.10 bits per heavy atom. The topological polar surface area (TPSA) is 92.9 Å². The van der Waals surface area contributed by atoms with Gasteiger partial charge in [-0.1, -0.05) is 0 Å². The smallest absolute Gasteiger partial charge is 0.329 e. The fraction of sp³-hybridized carbons (Fsp3) is 0.385. The number of hydrogen-bond acceptors (Lipinski definition) is 5. The monoisotopic (exact) mass is 292 g/mol. The van der Waals surface area contributed by atoms with Crippen LogP contribution in [-0.2, 0) is 13.5 Å². The van der Waals surface area contributed by atoms with Crippen LogP contribution in [-0.4, -0.2) is 9.55 Å². The van der Waals surface area contributed by atoms with Crippen LogP contribution in [0.2, 0.25) is 0 Å². The molecule has 0 saturated carbocycles. The van der Waals surface area contributed by atoms with Crippen molar-refractivity contribution in [2.45, 2.75) is 25.3 Å². The van der Waals surface area contributed by atoms with Gasteiger partial charge in [0.05, 0.1) is 6.04 Å². The molecule has 0 aromatic carbocycles. The first-order valence-electron chi connectivity index (χ1n) is 6.49. The molecular formula is C13H16N4O2S. The number of H-pyrrole nitrogens is 1. The van der Waals surface area contributed by atoms with Gasteiger partial charge in [-0.2, -0.15) is 0 Å². The number of nitrogens with zero attached hydrogens (tertiary/aromatic N) is 1. The first-order valence-corrected chi connectivity index (χ1v) is 7.37. The van der Waals surface area contributed by atoms with Crippen molar-refractivity contribution in [3.8, 4) is 0 Å². The molecule has 0 amide bonds. The molecule has 0 radical (unpaired) electrons. The van der Waals surface area contributed by atoms with Gasteiger partial charge < -0.3 is 11.1 Å². The molecule has 3 rings (SSSR count). The Labute approximate surface area is 119 Å². The SMILES string of the molecule is Cn1c(N)c(NC2CCCc3sccc32)c(=O)[nH]c1=O. The van der Waals surface area contributed by atoms with Crippen molar-refractivity contribution in [1.82, 2.24) is 9.55 Å². The zero-order valence-electron chi connectivity index (χ0n) is 11.1. The molecule has 7 heteroatoms. The Morgan fingerprint density at radius 1 is 1.50 bits per heavy atom. The molecule has 2 heterocycles. The number of hydrogen-bond donors (Lipinski definition) is 3. The van der Waals surface area contributed by atoms with E-state index in [1.807, 2.05) is 0 Å². The average molecular weight is 292 g/mol. The van der Waals surface area contributed by atoms with Gasteiger partial charge in [0.2, 0.25) is 0 Å². The molecule has 2 aromatic rings. The molecule has 0 spiro atoms. The minimum atomic E-state index is -0.502. The van der Waals surface area contributed by atoms with Crippen LogP contribution in [0.4, 0.5) is 11.5 Å². The van der Waals surface area contributed by atoms with Gasteiger partial charge in [0, 0.05) is 11.9 Å². The van der Waals surface area contributed by atoms with Crippen molar-refractivity contribution in [2.24, 2.45) is 7.05 Å². The molecule has 0 fully saturated rings. The lowest BCUT2D eigenvalue weighted by molar-refractivity contribution is 0.607. The Morgan fingerprint density at radius 2 is 2.30 bits per heavy atom. The van der Waals surface area contributed by atoms with E-state index in [9.17, 15) is 9.59 Å².